The van der Waals surface area contributed by atoms with Crippen LogP contribution in [0.2, 0.25) is 0 Å². The molecule has 0 radical (unpaired) electrons. The average Bonchev–Trinajstić information content (AvgIpc) is 3.94. The molecule has 0 spiro atoms. The molecule has 0 fully saturated rings. The molecule has 0 bridgehead atoms. The summed E-state index contributed by atoms with van der Waals surface area (Å²) >= 11 is 0. The first-order valence-corrected chi connectivity index (χ1v) is 23.0. The first-order chi connectivity index (χ1) is 33.7. The minimum absolute atomic E-state index is 0.707. The van der Waals surface area contributed by atoms with Crippen molar-refractivity contribution >= 4 is 43.6 Å². The van der Waals surface area contributed by atoms with E-state index in [4.69, 9.17) is 9.97 Å². The van der Waals surface area contributed by atoms with Crippen molar-refractivity contribution in [2.45, 2.75) is 0 Å². The number of hydrogen-bond donors (Lipinski definition) is 0. The lowest BCUT2D eigenvalue weighted by molar-refractivity contribution is 1.17. The molecular weight excluding hydrogens is 825 g/mol. The standard InChI is InChI=1S/C64H40N4/c1-5-17-43(18-6-1)50-37-51(44-19-7-2-8-20-44)39-53(38-50)68-61-28-16-14-26-55(61)57-41-49(32-36-63(57)68)48-31-35-62-56(40-48)54-25-13-15-27-60(54)67(62)52-33-29-46(30-34-52)59-42-58(45-21-9-3-10-22-45)65-64(66-59)47-23-11-4-12-24-47/h1,3-7,9-42H. The molecule has 0 N–H and O–H groups in total. The quantitative estimate of drug-likeness (QED) is 0.153. The van der Waals surface area contributed by atoms with Gasteiger partial charge in [0.05, 0.1) is 33.5 Å². The maximum absolute atomic E-state index is 5.09. The Morgan fingerprint density at radius 3 is 1.32 bits per heavy atom. The molecule has 316 valence electrons. The second kappa shape index (κ2) is 16.3. The van der Waals surface area contributed by atoms with E-state index in [0.29, 0.717) is 5.82 Å². The van der Waals surface area contributed by atoms with E-state index in [9.17, 15) is 0 Å². The zero-order valence-corrected chi connectivity index (χ0v) is 36.9. The van der Waals surface area contributed by atoms with Gasteiger partial charge in [0, 0.05) is 49.6 Å². The van der Waals surface area contributed by atoms with E-state index in [-0.39, 0.29) is 0 Å². The minimum atomic E-state index is 0.707. The van der Waals surface area contributed by atoms with Crippen molar-refractivity contribution in [2.24, 2.45) is 0 Å². The zero-order chi connectivity index (χ0) is 45.0. The van der Waals surface area contributed by atoms with Gasteiger partial charge >= 0.3 is 0 Å². The number of hydrogen-bond acceptors (Lipinski definition) is 2. The minimum Gasteiger partial charge on any atom is -0.309 e. The van der Waals surface area contributed by atoms with Crippen LogP contribution in [0.25, 0.3) is 122 Å². The van der Waals surface area contributed by atoms with Gasteiger partial charge in [-0.05, 0) is 124 Å². The Balaban J connectivity index is 0.903. The van der Waals surface area contributed by atoms with Gasteiger partial charge in [0.15, 0.2) is 5.82 Å². The molecule has 3 heterocycles. The molecule has 13 rings (SSSR count). The van der Waals surface area contributed by atoms with Gasteiger partial charge in [-0.1, -0.05) is 164 Å². The van der Waals surface area contributed by atoms with Crippen molar-refractivity contribution in [1.82, 2.24) is 19.1 Å². The largest absolute Gasteiger partial charge is 0.309 e. The van der Waals surface area contributed by atoms with Crippen LogP contribution in [0.15, 0.2) is 243 Å². The normalized spacial score (nSPS) is 11.4. The molecule has 0 saturated carbocycles. The number of nitrogens with zero attached hydrogens (tertiary/aromatic N) is 4. The highest BCUT2D eigenvalue weighted by atomic mass is 15.0. The van der Waals surface area contributed by atoms with Gasteiger partial charge in [-0.15, -0.1) is 0 Å². The van der Waals surface area contributed by atoms with Crippen LogP contribution >= 0.6 is 0 Å². The van der Waals surface area contributed by atoms with Gasteiger partial charge in [0.2, 0.25) is 0 Å². The fourth-order valence-electron chi connectivity index (χ4n) is 9.94. The molecule has 13 aromatic rings. The van der Waals surface area contributed by atoms with Gasteiger partial charge in [0.25, 0.3) is 0 Å². The summed E-state index contributed by atoms with van der Waals surface area (Å²) < 4.78 is 4.80. The lowest BCUT2D eigenvalue weighted by Crippen LogP contribution is -1.97. The van der Waals surface area contributed by atoms with E-state index in [0.717, 1.165) is 72.7 Å². The maximum Gasteiger partial charge on any atom is 0.160 e. The fourth-order valence-corrected chi connectivity index (χ4v) is 9.94. The molecule has 68 heavy (non-hydrogen) atoms. The average molecular weight is 865 g/mol. The zero-order valence-electron chi connectivity index (χ0n) is 36.9. The van der Waals surface area contributed by atoms with Gasteiger partial charge in [-0.2, -0.15) is 0 Å². The first-order valence-electron chi connectivity index (χ1n) is 23.0. The molecule has 4 nitrogen and oxygen atoms in total. The molecule has 0 aliphatic heterocycles. The van der Waals surface area contributed by atoms with Crippen LogP contribution in [0.1, 0.15) is 0 Å². The molecule has 0 saturated heterocycles. The van der Waals surface area contributed by atoms with Crippen LogP contribution in [0.5, 0.6) is 0 Å². The van der Waals surface area contributed by atoms with Gasteiger partial charge in [-0.25, -0.2) is 9.97 Å². The number of para-hydroxylation sites is 2. The second-order valence-electron chi connectivity index (χ2n) is 17.3. The Hall–Kier alpha value is -9.30. The summed E-state index contributed by atoms with van der Waals surface area (Å²) in [4.78, 5) is 10.1. The van der Waals surface area contributed by atoms with Crippen molar-refractivity contribution in [3.63, 3.8) is 0 Å². The lowest BCUT2D eigenvalue weighted by Gasteiger charge is -2.14. The molecule has 0 aliphatic carbocycles. The Labute approximate surface area is 394 Å². The maximum atomic E-state index is 5.09. The van der Waals surface area contributed by atoms with Crippen molar-refractivity contribution in [2.75, 3.05) is 0 Å². The van der Waals surface area contributed by atoms with Crippen LogP contribution in [0.3, 0.4) is 0 Å². The van der Waals surface area contributed by atoms with Crippen LogP contribution in [0.4, 0.5) is 0 Å². The highest BCUT2D eigenvalue weighted by Crippen LogP contribution is 2.40. The molecule has 0 unspecified atom stereocenters. The van der Waals surface area contributed by atoms with Crippen LogP contribution < -0.4 is 0 Å². The second-order valence-corrected chi connectivity index (χ2v) is 17.3. The Morgan fingerprint density at radius 1 is 0.279 bits per heavy atom. The summed E-state index contributed by atoms with van der Waals surface area (Å²) in [5.74, 6) is 0.707. The van der Waals surface area contributed by atoms with E-state index in [1.165, 1.54) is 43.8 Å². The molecular formula is C64H40N4. The van der Waals surface area contributed by atoms with E-state index < -0.39 is 0 Å². The number of benzene rings is 9. The van der Waals surface area contributed by atoms with Gasteiger partial charge in [-0.3, -0.25) is 0 Å². The predicted octanol–water partition coefficient (Wildman–Crippen LogP) is 16.3. The molecule has 3 aromatic heterocycles. The third kappa shape index (κ3) is 6.81. The van der Waals surface area contributed by atoms with E-state index in [1.54, 1.807) is 0 Å². The molecule has 10 aromatic carbocycles. The van der Waals surface area contributed by atoms with E-state index >= 15 is 0 Å². The number of fused-ring (bicyclic) bond motifs is 6. The Morgan fingerprint density at radius 2 is 0.750 bits per heavy atom. The SMILES string of the molecule is c1ccc(-c2cc(-c3ccccc3)cc(-n3c4ccccc4c4cc(-c5ccc6c(c5)c5ccccc5n6-c5ccc(-c6cc(-c7ccccc7)nc(-c7ccccc7)n6)cc5)ccc43)c2)cc#1. The van der Waals surface area contributed by atoms with E-state index in [1.807, 2.05) is 48.5 Å². The van der Waals surface area contributed by atoms with Crippen molar-refractivity contribution in [3.8, 4) is 78.7 Å². The summed E-state index contributed by atoms with van der Waals surface area (Å²) in [6, 6.07) is 92.6. The van der Waals surface area contributed by atoms with Crippen LogP contribution in [0, 0.1) is 12.1 Å². The fraction of sp³-hybridized carbons (Fsp3) is 0. The third-order valence-electron chi connectivity index (χ3n) is 13.2. The summed E-state index contributed by atoms with van der Waals surface area (Å²) in [5, 5.41) is 4.85. The van der Waals surface area contributed by atoms with Crippen LogP contribution in [-0.4, -0.2) is 19.1 Å². The highest BCUT2D eigenvalue weighted by Gasteiger charge is 2.18. The van der Waals surface area contributed by atoms with Crippen LogP contribution in [-0.2, 0) is 0 Å². The molecule has 4 heteroatoms. The number of rotatable bonds is 8. The van der Waals surface area contributed by atoms with Crippen molar-refractivity contribution in [3.05, 3.63) is 255 Å². The summed E-state index contributed by atoms with van der Waals surface area (Å²) in [6.45, 7) is 0. The monoisotopic (exact) mass is 864 g/mol. The summed E-state index contributed by atoms with van der Waals surface area (Å²) in [5.41, 5.74) is 18.6. The van der Waals surface area contributed by atoms with Gasteiger partial charge in [0.1, 0.15) is 0 Å². The van der Waals surface area contributed by atoms with E-state index in [2.05, 4.69) is 215 Å². The Bertz CT molecular complexity index is 3870. The van der Waals surface area contributed by atoms with Gasteiger partial charge < -0.3 is 9.13 Å². The lowest BCUT2D eigenvalue weighted by atomic mass is 9.98. The smallest absolute Gasteiger partial charge is 0.160 e. The summed E-state index contributed by atoms with van der Waals surface area (Å²) in [6.07, 6.45) is 0. The third-order valence-corrected chi connectivity index (χ3v) is 13.2. The highest BCUT2D eigenvalue weighted by molar-refractivity contribution is 6.13. The summed E-state index contributed by atoms with van der Waals surface area (Å²) in [7, 11) is 0. The van der Waals surface area contributed by atoms with Crippen molar-refractivity contribution in [1.29, 1.82) is 0 Å². The number of aromatic nitrogens is 4. The molecule has 0 aliphatic rings. The van der Waals surface area contributed by atoms with Crippen molar-refractivity contribution < 1.29 is 0 Å². The molecule has 0 amide bonds. The first kappa shape index (κ1) is 39.1. The molecule has 0 atom stereocenters. The topological polar surface area (TPSA) is 35.6 Å². The predicted molar refractivity (Wildman–Crippen MR) is 281 cm³/mol. The Kier molecular flexibility index (Phi) is 9.37.